The van der Waals surface area contributed by atoms with E-state index in [0.717, 1.165) is 17.7 Å². The van der Waals surface area contributed by atoms with E-state index in [1.807, 2.05) is 19.1 Å². The first-order valence-corrected chi connectivity index (χ1v) is 4.85. The van der Waals surface area contributed by atoms with Crippen LogP contribution in [0.25, 0.3) is 0 Å². The van der Waals surface area contributed by atoms with Gasteiger partial charge >= 0.3 is 6.09 Å². The second-order valence-corrected chi connectivity index (χ2v) is 3.80. The second kappa shape index (κ2) is 3.46. The molecule has 4 nitrogen and oxygen atoms in total. The molecule has 1 aliphatic carbocycles. The van der Waals surface area contributed by atoms with Crippen molar-refractivity contribution in [1.82, 2.24) is 4.90 Å². The molecule has 0 aromatic carbocycles. The van der Waals surface area contributed by atoms with E-state index in [4.69, 9.17) is 9.84 Å². The summed E-state index contributed by atoms with van der Waals surface area (Å²) in [5.41, 5.74) is 1.83. The second-order valence-electron chi connectivity index (χ2n) is 3.80. The molecule has 2 rings (SSSR count). The normalized spacial score (nSPS) is 23.3. The van der Waals surface area contributed by atoms with Crippen LogP contribution >= 0.6 is 0 Å². The van der Waals surface area contributed by atoms with Crippen LogP contribution in [0.15, 0.2) is 35.4 Å². The van der Waals surface area contributed by atoms with Gasteiger partial charge in [-0.15, -0.1) is 0 Å². The van der Waals surface area contributed by atoms with Gasteiger partial charge in [0, 0.05) is 13.0 Å². The molecule has 2 aliphatic rings. The minimum atomic E-state index is -0.955. The Morgan fingerprint density at radius 1 is 1.67 bits per heavy atom. The first-order chi connectivity index (χ1) is 7.11. The molecule has 0 spiro atoms. The van der Waals surface area contributed by atoms with Crippen LogP contribution in [0.2, 0.25) is 0 Å². The van der Waals surface area contributed by atoms with Crippen molar-refractivity contribution < 1.29 is 14.6 Å². The van der Waals surface area contributed by atoms with Crippen molar-refractivity contribution in [1.29, 1.82) is 0 Å². The third kappa shape index (κ3) is 1.52. The molecular formula is C11H13NO3. The van der Waals surface area contributed by atoms with Crippen molar-refractivity contribution in [3.63, 3.8) is 0 Å². The first-order valence-electron chi connectivity index (χ1n) is 4.85. The van der Waals surface area contributed by atoms with Crippen LogP contribution in [0, 0.1) is 5.92 Å². The smallest absolute Gasteiger partial charge is 0.411 e. The SMILES string of the molecule is CC1CC2=CC=COC2=C1N(C)C(=O)O. The van der Waals surface area contributed by atoms with Crippen molar-refractivity contribution in [3.8, 4) is 0 Å². The Morgan fingerprint density at radius 2 is 2.40 bits per heavy atom. The number of ether oxygens (including phenoxy) is 1. The lowest BCUT2D eigenvalue weighted by molar-refractivity contribution is 0.161. The summed E-state index contributed by atoms with van der Waals surface area (Å²) < 4.78 is 5.38. The van der Waals surface area contributed by atoms with Gasteiger partial charge in [0.15, 0.2) is 0 Å². The van der Waals surface area contributed by atoms with E-state index in [2.05, 4.69) is 0 Å². The molecule has 0 radical (unpaired) electrons. The van der Waals surface area contributed by atoms with Crippen LogP contribution < -0.4 is 0 Å². The highest BCUT2D eigenvalue weighted by atomic mass is 16.5. The number of fused-ring (bicyclic) bond motifs is 1. The topological polar surface area (TPSA) is 49.8 Å². The van der Waals surface area contributed by atoms with E-state index < -0.39 is 6.09 Å². The minimum Gasteiger partial charge on any atom is -0.465 e. The Kier molecular flexibility index (Phi) is 2.26. The van der Waals surface area contributed by atoms with Gasteiger partial charge < -0.3 is 9.84 Å². The van der Waals surface area contributed by atoms with Crippen LogP contribution in [-0.4, -0.2) is 23.1 Å². The van der Waals surface area contributed by atoms with Gasteiger partial charge in [0.2, 0.25) is 0 Å². The van der Waals surface area contributed by atoms with E-state index in [1.54, 1.807) is 13.3 Å². The van der Waals surface area contributed by atoms with Crippen molar-refractivity contribution in [2.24, 2.45) is 5.92 Å². The highest BCUT2D eigenvalue weighted by Crippen LogP contribution is 2.39. The molecule has 0 aromatic rings. The molecule has 1 unspecified atom stereocenters. The van der Waals surface area contributed by atoms with Crippen LogP contribution in [0.5, 0.6) is 0 Å². The zero-order chi connectivity index (χ0) is 11.0. The third-order valence-corrected chi connectivity index (χ3v) is 2.73. The van der Waals surface area contributed by atoms with Gasteiger partial charge in [0.05, 0.1) is 12.0 Å². The summed E-state index contributed by atoms with van der Waals surface area (Å²) in [6.45, 7) is 2.00. The lowest BCUT2D eigenvalue weighted by Gasteiger charge is -2.19. The van der Waals surface area contributed by atoms with E-state index in [1.165, 1.54) is 4.90 Å². The molecule has 15 heavy (non-hydrogen) atoms. The highest BCUT2D eigenvalue weighted by Gasteiger charge is 2.32. The highest BCUT2D eigenvalue weighted by molar-refractivity contribution is 5.68. The number of allylic oxidation sites excluding steroid dienone is 4. The zero-order valence-corrected chi connectivity index (χ0v) is 8.73. The fourth-order valence-corrected chi connectivity index (χ4v) is 2.04. The van der Waals surface area contributed by atoms with Gasteiger partial charge in [-0.3, -0.25) is 4.90 Å². The summed E-state index contributed by atoms with van der Waals surface area (Å²) in [5.74, 6) is 0.891. The number of hydrogen-bond donors (Lipinski definition) is 1. The Hall–Kier alpha value is -1.71. The number of nitrogens with zero attached hydrogens (tertiary/aromatic N) is 1. The summed E-state index contributed by atoms with van der Waals surface area (Å²) in [6, 6.07) is 0. The third-order valence-electron chi connectivity index (χ3n) is 2.73. The molecule has 0 bridgehead atoms. The van der Waals surface area contributed by atoms with Crippen molar-refractivity contribution in [2.75, 3.05) is 7.05 Å². The molecule has 0 saturated heterocycles. The zero-order valence-electron chi connectivity index (χ0n) is 8.73. The molecule has 1 aliphatic heterocycles. The lowest BCUT2D eigenvalue weighted by Crippen LogP contribution is -2.26. The van der Waals surface area contributed by atoms with Crippen molar-refractivity contribution in [3.05, 3.63) is 35.4 Å². The maximum Gasteiger partial charge on any atom is 0.411 e. The Morgan fingerprint density at radius 3 is 3.07 bits per heavy atom. The standard InChI is InChI=1S/C11H13NO3/c1-7-6-8-4-3-5-15-10(8)9(7)12(2)11(13)14/h3-5,7H,6H2,1-2H3,(H,13,14). The monoisotopic (exact) mass is 207 g/mol. The van der Waals surface area contributed by atoms with Gasteiger partial charge in [-0.05, 0) is 18.1 Å². The number of carbonyl (C=O) groups is 1. The number of amides is 1. The van der Waals surface area contributed by atoms with Gasteiger partial charge in [0.1, 0.15) is 5.76 Å². The van der Waals surface area contributed by atoms with Crippen LogP contribution in [-0.2, 0) is 4.74 Å². The minimum absolute atomic E-state index is 0.187. The maximum atomic E-state index is 10.9. The Balaban J connectivity index is 2.40. The molecule has 1 amide bonds. The van der Waals surface area contributed by atoms with Gasteiger partial charge in [-0.1, -0.05) is 13.0 Å². The van der Waals surface area contributed by atoms with Crippen molar-refractivity contribution in [2.45, 2.75) is 13.3 Å². The van der Waals surface area contributed by atoms with E-state index in [9.17, 15) is 4.79 Å². The average molecular weight is 207 g/mol. The van der Waals surface area contributed by atoms with Crippen LogP contribution in [0.4, 0.5) is 4.79 Å². The maximum absolute atomic E-state index is 10.9. The van der Waals surface area contributed by atoms with E-state index in [0.29, 0.717) is 5.76 Å². The molecule has 4 heteroatoms. The van der Waals surface area contributed by atoms with E-state index in [-0.39, 0.29) is 5.92 Å². The summed E-state index contributed by atoms with van der Waals surface area (Å²) in [4.78, 5) is 12.1. The number of carboxylic acid groups (broad SMARTS) is 1. The Bertz CT molecular complexity index is 393. The van der Waals surface area contributed by atoms with E-state index >= 15 is 0 Å². The molecule has 1 heterocycles. The number of hydrogen-bond acceptors (Lipinski definition) is 2. The first kappa shape index (κ1) is 9.83. The molecule has 0 fully saturated rings. The molecular weight excluding hydrogens is 194 g/mol. The fraction of sp³-hybridized carbons (Fsp3) is 0.364. The van der Waals surface area contributed by atoms with Gasteiger partial charge in [-0.2, -0.15) is 0 Å². The van der Waals surface area contributed by atoms with Crippen LogP contribution in [0.3, 0.4) is 0 Å². The van der Waals surface area contributed by atoms with Crippen LogP contribution in [0.1, 0.15) is 13.3 Å². The summed E-state index contributed by atoms with van der Waals surface area (Å²) in [6.07, 6.45) is 5.26. The lowest BCUT2D eigenvalue weighted by atomic mass is 10.1. The Labute approximate surface area is 88.1 Å². The van der Waals surface area contributed by atoms with Crippen molar-refractivity contribution >= 4 is 6.09 Å². The molecule has 0 saturated carbocycles. The van der Waals surface area contributed by atoms with Gasteiger partial charge in [-0.25, -0.2) is 4.79 Å². The molecule has 80 valence electrons. The van der Waals surface area contributed by atoms with Gasteiger partial charge in [0.25, 0.3) is 0 Å². The predicted molar refractivity (Wildman–Crippen MR) is 54.9 cm³/mol. The quantitative estimate of drug-likeness (QED) is 0.717. The summed E-state index contributed by atoms with van der Waals surface area (Å²) in [5, 5.41) is 8.95. The summed E-state index contributed by atoms with van der Waals surface area (Å²) in [7, 11) is 1.55. The predicted octanol–water partition coefficient (Wildman–Crippen LogP) is 2.32. The molecule has 1 atom stereocenters. The molecule has 0 aromatic heterocycles. The average Bonchev–Trinajstić information content (AvgIpc) is 2.52. The largest absolute Gasteiger partial charge is 0.465 e. The molecule has 1 N–H and O–H groups in total. The summed E-state index contributed by atoms with van der Waals surface area (Å²) >= 11 is 0. The fourth-order valence-electron chi connectivity index (χ4n) is 2.04. The number of rotatable bonds is 1.